The fourth-order valence-corrected chi connectivity index (χ4v) is 1.95. The highest BCUT2D eigenvalue weighted by molar-refractivity contribution is 5.83. The molecule has 0 spiro atoms. The van der Waals surface area contributed by atoms with Gasteiger partial charge in [0.2, 0.25) is 0 Å². The van der Waals surface area contributed by atoms with E-state index in [1.54, 1.807) is 0 Å². The molecule has 21 heavy (non-hydrogen) atoms. The predicted molar refractivity (Wildman–Crippen MR) is 82.5 cm³/mol. The third-order valence-corrected chi connectivity index (χ3v) is 2.99. The highest BCUT2D eigenvalue weighted by Crippen LogP contribution is 2.20. The van der Waals surface area contributed by atoms with Crippen molar-refractivity contribution in [1.82, 2.24) is 10.6 Å². The summed E-state index contributed by atoms with van der Waals surface area (Å²) in [5.74, 6) is 0.832. The Hall–Kier alpha value is -2.27. The van der Waals surface area contributed by atoms with E-state index < -0.39 is 0 Å². The summed E-state index contributed by atoms with van der Waals surface area (Å²) in [5, 5.41) is 16.1. The van der Waals surface area contributed by atoms with Crippen LogP contribution < -0.4 is 15.4 Å². The van der Waals surface area contributed by atoms with Gasteiger partial charge in [0.1, 0.15) is 5.75 Å². The number of aliphatic hydroxyl groups excluding tert-OH is 1. The Bertz CT molecular complexity index is 586. The van der Waals surface area contributed by atoms with E-state index >= 15 is 0 Å². The van der Waals surface area contributed by atoms with Gasteiger partial charge in [0.15, 0.2) is 0 Å². The van der Waals surface area contributed by atoms with Gasteiger partial charge in [0.25, 0.3) is 0 Å². The topological polar surface area (TPSA) is 70.6 Å². The average Bonchev–Trinajstić information content (AvgIpc) is 2.52. The second-order valence-electron chi connectivity index (χ2n) is 4.62. The molecule has 0 aromatic heterocycles. The summed E-state index contributed by atoms with van der Waals surface area (Å²) in [4.78, 5) is 11.2. The average molecular weight is 288 g/mol. The van der Waals surface area contributed by atoms with E-state index in [-0.39, 0.29) is 19.2 Å². The van der Waals surface area contributed by atoms with Gasteiger partial charge in [-0.15, -0.1) is 0 Å². The van der Waals surface area contributed by atoms with Crippen LogP contribution in [0.25, 0.3) is 10.8 Å². The third-order valence-electron chi connectivity index (χ3n) is 2.99. The lowest BCUT2D eigenvalue weighted by Crippen LogP contribution is -2.37. The number of carbonyl (C=O) groups is 1. The van der Waals surface area contributed by atoms with Crippen molar-refractivity contribution in [2.24, 2.45) is 0 Å². The number of fused-ring (bicyclic) bond motifs is 1. The molecule has 2 aromatic carbocycles. The maximum Gasteiger partial charge on any atom is 0.314 e. The van der Waals surface area contributed by atoms with Crippen LogP contribution in [-0.4, -0.2) is 37.4 Å². The number of benzene rings is 2. The first-order valence-electron chi connectivity index (χ1n) is 7.04. The lowest BCUT2D eigenvalue weighted by atomic mass is 10.1. The molecule has 3 N–H and O–H groups in total. The molecule has 0 aliphatic heterocycles. The van der Waals surface area contributed by atoms with Crippen LogP contribution in [0.1, 0.15) is 6.42 Å². The lowest BCUT2D eigenvalue weighted by Gasteiger charge is -2.08. The molecule has 0 unspecified atom stereocenters. The van der Waals surface area contributed by atoms with Crippen LogP contribution >= 0.6 is 0 Å². The molecule has 2 rings (SSSR count). The molecule has 0 aliphatic carbocycles. The summed E-state index contributed by atoms with van der Waals surface area (Å²) >= 11 is 0. The summed E-state index contributed by atoms with van der Waals surface area (Å²) in [6.45, 7) is 1.28. The monoisotopic (exact) mass is 288 g/mol. The van der Waals surface area contributed by atoms with Crippen molar-refractivity contribution in [2.75, 3.05) is 26.3 Å². The highest BCUT2D eigenvalue weighted by atomic mass is 16.5. The van der Waals surface area contributed by atoms with Gasteiger partial charge in [-0.3, -0.25) is 0 Å². The van der Waals surface area contributed by atoms with Gasteiger partial charge in [-0.25, -0.2) is 4.79 Å². The minimum absolute atomic E-state index is 0.0570. The van der Waals surface area contributed by atoms with Crippen molar-refractivity contribution >= 4 is 16.8 Å². The Morgan fingerprint density at radius 2 is 1.81 bits per heavy atom. The van der Waals surface area contributed by atoms with Crippen LogP contribution in [0.5, 0.6) is 5.75 Å². The quantitative estimate of drug-likeness (QED) is 0.681. The molecule has 5 heteroatoms. The number of amides is 2. The summed E-state index contributed by atoms with van der Waals surface area (Å²) in [7, 11) is 0. The smallest absolute Gasteiger partial charge is 0.314 e. The van der Waals surface area contributed by atoms with Gasteiger partial charge in [-0.05, 0) is 29.3 Å². The Morgan fingerprint density at radius 3 is 2.62 bits per heavy atom. The van der Waals surface area contributed by atoms with Crippen LogP contribution in [0.3, 0.4) is 0 Å². The number of urea groups is 1. The van der Waals surface area contributed by atoms with Gasteiger partial charge in [0, 0.05) is 13.1 Å². The molecule has 0 radical (unpaired) electrons. The largest absolute Gasteiger partial charge is 0.494 e. The molecule has 0 atom stereocenters. The summed E-state index contributed by atoms with van der Waals surface area (Å²) < 4.78 is 5.67. The molecular weight excluding hydrogens is 268 g/mol. The minimum Gasteiger partial charge on any atom is -0.494 e. The Kier molecular flexibility index (Phi) is 5.84. The first-order valence-corrected chi connectivity index (χ1v) is 7.04. The van der Waals surface area contributed by atoms with Gasteiger partial charge in [0.05, 0.1) is 13.2 Å². The highest BCUT2D eigenvalue weighted by Gasteiger charge is 1.99. The maximum absolute atomic E-state index is 11.2. The molecule has 0 fully saturated rings. The fraction of sp³-hybridized carbons (Fsp3) is 0.312. The number of hydrogen-bond donors (Lipinski definition) is 3. The SMILES string of the molecule is O=C(NCCO)NCCCOc1ccc2ccccc2c1. The van der Waals surface area contributed by atoms with Gasteiger partial charge in [-0.1, -0.05) is 30.3 Å². The van der Waals surface area contributed by atoms with Crippen molar-refractivity contribution in [1.29, 1.82) is 0 Å². The van der Waals surface area contributed by atoms with Crippen LogP contribution in [0, 0.1) is 0 Å². The van der Waals surface area contributed by atoms with Crippen molar-refractivity contribution in [3.8, 4) is 5.75 Å². The first kappa shape index (κ1) is 15.1. The molecule has 0 bridgehead atoms. The van der Waals surface area contributed by atoms with E-state index in [4.69, 9.17) is 9.84 Å². The van der Waals surface area contributed by atoms with Crippen molar-refractivity contribution in [2.45, 2.75) is 6.42 Å². The molecule has 0 aliphatic rings. The van der Waals surface area contributed by atoms with Crippen molar-refractivity contribution in [3.63, 3.8) is 0 Å². The van der Waals surface area contributed by atoms with E-state index in [9.17, 15) is 4.79 Å². The zero-order chi connectivity index (χ0) is 14.9. The third kappa shape index (κ3) is 4.96. The van der Waals surface area contributed by atoms with Crippen molar-refractivity contribution in [3.05, 3.63) is 42.5 Å². The van der Waals surface area contributed by atoms with Crippen LogP contribution in [0.4, 0.5) is 4.79 Å². The van der Waals surface area contributed by atoms with Crippen LogP contribution in [-0.2, 0) is 0 Å². The fourth-order valence-electron chi connectivity index (χ4n) is 1.95. The number of hydrogen-bond acceptors (Lipinski definition) is 3. The standard InChI is InChI=1S/C16H20N2O3/c19-10-9-18-16(20)17-8-3-11-21-15-7-6-13-4-1-2-5-14(13)12-15/h1-2,4-7,12,19H,3,8-11H2,(H2,17,18,20). The molecule has 2 amide bonds. The number of rotatable bonds is 7. The van der Waals surface area contributed by atoms with E-state index in [1.807, 2.05) is 30.3 Å². The Balaban J connectivity index is 1.69. The summed E-state index contributed by atoms with van der Waals surface area (Å²) in [6, 6.07) is 13.8. The second kappa shape index (κ2) is 8.11. The molecule has 5 nitrogen and oxygen atoms in total. The normalized spacial score (nSPS) is 10.3. The first-order chi connectivity index (χ1) is 10.3. The van der Waals surface area contributed by atoms with Gasteiger partial charge in [-0.2, -0.15) is 0 Å². The van der Waals surface area contributed by atoms with Crippen molar-refractivity contribution < 1.29 is 14.6 Å². The number of aliphatic hydroxyl groups is 1. The zero-order valence-corrected chi connectivity index (χ0v) is 11.8. The lowest BCUT2D eigenvalue weighted by molar-refractivity contribution is 0.232. The second-order valence-corrected chi connectivity index (χ2v) is 4.62. The maximum atomic E-state index is 11.2. The van der Waals surface area contributed by atoms with Gasteiger partial charge < -0.3 is 20.5 Å². The zero-order valence-electron chi connectivity index (χ0n) is 11.8. The van der Waals surface area contributed by atoms with Gasteiger partial charge >= 0.3 is 6.03 Å². The van der Waals surface area contributed by atoms with E-state index in [1.165, 1.54) is 5.39 Å². The Morgan fingerprint density at radius 1 is 1.05 bits per heavy atom. The molecule has 0 heterocycles. The van der Waals surface area contributed by atoms with E-state index in [0.717, 1.165) is 17.6 Å². The number of nitrogens with one attached hydrogen (secondary N) is 2. The molecular formula is C16H20N2O3. The summed E-state index contributed by atoms with van der Waals surface area (Å²) in [5.41, 5.74) is 0. The predicted octanol–water partition coefficient (Wildman–Crippen LogP) is 1.90. The van der Waals surface area contributed by atoms with E-state index in [2.05, 4.69) is 22.8 Å². The molecule has 112 valence electrons. The molecule has 2 aromatic rings. The minimum atomic E-state index is -0.269. The number of ether oxygens (including phenoxy) is 1. The van der Waals surface area contributed by atoms with E-state index in [0.29, 0.717) is 13.2 Å². The molecule has 0 saturated carbocycles. The summed E-state index contributed by atoms with van der Waals surface area (Å²) in [6.07, 6.45) is 0.722. The molecule has 0 saturated heterocycles. The Labute approximate surface area is 123 Å². The van der Waals surface area contributed by atoms with Crippen LogP contribution in [0.2, 0.25) is 0 Å². The number of carbonyl (C=O) groups excluding carboxylic acids is 1. The van der Waals surface area contributed by atoms with Crippen LogP contribution in [0.15, 0.2) is 42.5 Å².